The highest BCUT2D eigenvalue weighted by Gasteiger charge is 2.11. The van der Waals surface area contributed by atoms with Crippen molar-refractivity contribution in [1.82, 2.24) is 9.97 Å². The average molecular weight is 234 g/mol. The summed E-state index contributed by atoms with van der Waals surface area (Å²) < 4.78 is 0. The van der Waals surface area contributed by atoms with Crippen molar-refractivity contribution in [3.8, 4) is 0 Å². The van der Waals surface area contributed by atoms with Gasteiger partial charge in [-0.3, -0.25) is 0 Å². The van der Waals surface area contributed by atoms with E-state index in [1.54, 1.807) is 6.33 Å². The van der Waals surface area contributed by atoms with E-state index in [2.05, 4.69) is 23.8 Å². The van der Waals surface area contributed by atoms with Gasteiger partial charge >= 0.3 is 0 Å². The summed E-state index contributed by atoms with van der Waals surface area (Å²) in [4.78, 5) is 8.30. The molecule has 0 bridgehead atoms. The summed E-state index contributed by atoms with van der Waals surface area (Å²) in [6.45, 7) is 4.52. The molecule has 0 N–H and O–H groups in total. The fourth-order valence-electron chi connectivity index (χ4n) is 2.28. The molecule has 0 fully saturated rings. The maximum Gasteiger partial charge on any atom is 0.115 e. The van der Waals surface area contributed by atoms with Gasteiger partial charge in [0.1, 0.15) is 6.33 Å². The molecule has 1 rings (SSSR count). The molecule has 0 aliphatic carbocycles. The van der Waals surface area contributed by atoms with E-state index in [4.69, 9.17) is 0 Å². The molecule has 2 heteroatoms. The summed E-state index contributed by atoms with van der Waals surface area (Å²) in [6, 6.07) is 0. The second kappa shape index (κ2) is 9.15. The summed E-state index contributed by atoms with van der Waals surface area (Å²) in [6.07, 6.45) is 16.2. The quantitative estimate of drug-likeness (QED) is 0.578. The van der Waals surface area contributed by atoms with Crippen LogP contribution in [-0.4, -0.2) is 9.97 Å². The zero-order valence-electron chi connectivity index (χ0n) is 11.4. The van der Waals surface area contributed by atoms with E-state index in [1.165, 1.54) is 56.9 Å². The number of rotatable bonds is 9. The molecule has 17 heavy (non-hydrogen) atoms. The van der Waals surface area contributed by atoms with E-state index in [0.29, 0.717) is 5.92 Å². The Labute approximate surface area is 106 Å². The number of nitrogens with zero attached hydrogens (tertiary/aromatic N) is 2. The second-order valence-corrected chi connectivity index (χ2v) is 4.86. The first-order chi connectivity index (χ1) is 8.38. The topological polar surface area (TPSA) is 25.8 Å². The van der Waals surface area contributed by atoms with E-state index in [9.17, 15) is 0 Å². The fourth-order valence-corrected chi connectivity index (χ4v) is 2.28. The van der Waals surface area contributed by atoms with Gasteiger partial charge in [0.25, 0.3) is 0 Å². The van der Waals surface area contributed by atoms with Gasteiger partial charge in [-0.1, -0.05) is 52.4 Å². The Kier molecular flexibility index (Phi) is 7.61. The third kappa shape index (κ3) is 5.81. The normalized spacial score (nSPS) is 11.0. The van der Waals surface area contributed by atoms with Crippen molar-refractivity contribution in [3.63, 3.8) is 0 Å². The third-order valence-electron chi connectivity index (χ3n) is 3.36. The summed E-state index contributed by atoms with van der Waals surface area (Å²) in [7, 11) is 0. The predicted octanol–water partition coefficient (Wildman–Crippen LogP) is 4.72. The minimum absolute atomic E-state index is 0.675. The molecule has 0 aliphatic rings. The second-order valence-electron chi connectivity index (χ2n) is 4.86. The lowest BCUT2D eigenvalue weighted by Gasteiger charge is -2.16. The van der Waals surface area contributed by atoms with Crippen LogP contribution in [0.2, 0.25) is 0 Å². The van der Waals surface area contributed by atoms with Crippen LogP contribution in [0, 0.1) is 0 Å². The molecule has 0 unspecified atom stereocenters. The van der Waals surface area contributed by atoms with Gasteiger partial charge < -0.3 is 0 Å². The van der Waals surface area contributed by atoms with E-state index in [-0.39, 0.29) is 0 Å². The van der Waals surface area contributed by atoms with Gasteiger partial charge in [-0.05, 0) is 24.3 Å². The molecule has 0 atom stereocenters. The fraction of sp³-hybridized carbons (Fsp3) is 0.733. The number of aromatic nitrogens is 2. The predicted molar refractivity (Wildman–Crippen MR) is 73.1 cm³/mol. The van der Waals surface area contributed by atoms with Crippen LogP contribution < -0.4 is 0 Å². The number of unbranched alkanes of at least 4 members (excludes halogenated alkanes) is 4. The molecule has 2 nitrogen and oxygen atoms in total. The summed E-state index contributed by atoms with van der Waals surface area (Å²) in [5.41, 5.74) is 1.33. The third-order valence-corrected chi connectivity index (χ3v) is 3.36. The monoisotopic (exact) mass is 234 g/mol. The maximum absolute atomic E-state index is 4.15. The average Bonchev–Trinajstić information content (AvgIpc) is 2.38. The molecule has 0 saturated carbocycles. The van der Waals surface area contributed by atoms with Crippen LogP contribution in [0.3, 0.4) is 0 Å². The van der Waals surface area contributed by atoms with Gasteiger partial charge in [0.15, 0.2) is 0 Å². The van der Waals surface area contributed by atoms with Crippen LogP contribution in [0.15, 0.2) is 18.7 Å². The van der Waals surface area contributed by atoms with Crippen molar-refractivity contribution in [2.75, 3.05) is 0 Å². The van der Waals surface area contributed by atoms with Gasteiger partial charge in [0, 0.05) is 12.4 Å². The van der Waals surface area contributed by atoms with Gasteiger partial charge in [-0.25, -0.2) is 9.97 Å². The van der Waals surface area contributed by atoms with E-state index in [0.717, 1.165) is 0 Å². The minimum Gasteiger partial charge on any atom is -0.245 e. The molecule has 0 saturated heterocycles. The molecular formula is C15H26N2. The largest absolute Gasteiger partial charge is 0.245 e. The van der Waals surface area contributed by atoms with Gasteiger partial charge in [-0.2, -0.15) is 0 Å². The Balaban J connectivity index is 2.46. The lowest BCUT2D eigenvalue weighted by molar-refractivity contribution is 0.504. The van der Waals surface area contributed by atoms with Gasteiger partial charge in [-0.15, -0.1) is 0 Å². The summed E-state index contributed by atoms with van der Waals surface area (Å²) in [5, 5.41) is 0. The van der Waals surface area contributed by atoms with Crippen molar-refractivity contribution < 1.29 is 0 Å². The lowest BCUT2D eigenvalue weighted by Crippen LogP contribution is -2.01. The zero-order chi connectivity index (χ0) is 12.3. The van der Waals surface area contributed by atoms with Crippen molar-refractivity contribution in [2.45, 2.75) is 71.1 Å². The SMILES string of the molecule is CCCCCC(CCCCC)c1cncnc1. The zero-order valence-corrected chi connectivity index (χ0v) is 11.4. The van der Waals surface area contributed by atoms with Crippen LogP contribution in [0.1, 0.15) is 76.7 Å². The summed E-state index contributed by atoms with van der Waals surface area (Å²) >= 11 is 0. The molecule has 1 aromatic heterocycles. The van der Waals surface area contributed by atoms with Crippen molar-refractivity contribution in [3.05, 3.63) is 24.3 Å². The van der Waals surface area contributed by atoms with Crippen LogP contribution in [0.25, 0.3) is 0 Å². The molecule has 0 aliphatic heterocycles. The van der Waals surface area contributed by atoms with Crippen LogP contribution in [0.5, 0.6) is 0 Å². The summed E-state index contributed by atoms with van der Waals surface area (Å²) in [5.74, 6) is 0.675. The van der Waals surface area contributed by atoms with Gasteiger partial charge in [0.05, 0.1) is 0 Å². The minimum atomic E-state index is 0.675. The smallest absolute Gasteiger partial charge is 0.115 e. The molecule has 0 aromatic carbocycles. The Bertz CT molecular complexity index is 262. The molecule has 96 valence electrons. The van der Waals surface area contributed by atoms with Crippen molar-refractivity contribution >= 4 is 0 Å². The van der Waals surface area contributed by atoms with Crippen LogP contribution in [-0.2, 0) is 0 Å². The van der Waals surface area contributed by atoms with E-state index in [1.807, 2.05) is 12.4 Å². The molecule has 1 aromatic rings. The Hall–Kier alpha value is -0.920. The van der Waals surface area contributed by atoms with E-state index >= 15 is 0 Å². The maximum atomic E-state index is 4.15. The number of hydrogen-bond donors (Lipinski definition) is 0. The first kappa shape index (κ1) is 14.1. The standard InChI is InChI=1S/C15H26N2/c1-3-5-7-9-14(10-8-6-4-2)15-11-16-13-17-12-15/h11-14H,3-10H2,1-2H3. The highest BCUT2D eigenvalue weighted by Crippen LogP contribution is 2.27. The highest BCUT2D eigenvalue weighted by atomic mass is 14.8. The van der Waals surface area contributed by atoms with Crippen LogP contribution in [0.4, 0.5) is 0 Å². The molecule has 0 radical (unpaired) electrons. The molecule has 0 amide bonds. The number of hydrogen-bond acceptors (Lipinski definition) is 2. The van der Waals surface area contributed by atoms with Crippen molar-refractivity contribution in [2.24, 2.45) is 0 Å². The molecule has 0 spiro atoms. The van der Waals surface area contributed by atoms with Crippen LogP contribution >= 0.6 is 0 Å². The first-order valence-electron chi connectivity index (χ1n) is 7.13. The van der Waals surface area contributed by atoms with Crippen molar-refractivity contribution in [1.29, 1.82) is 0 Å². The van der Waals surface area contributed by atoms with E-state index < -0.39 is 0 Å². The molecule has 1 heterocycles. The Morgan fingerprint density at radius 3 is 1.88 bits per heavy atom. The Morgan fingerprint density at radius 1 is 0.882 bits per heavy atom. The highest BCUT2D eigenvalue weighted by molar-refractivity contribution is 5.09. The first-order valence-corrected chi connectivity index (χ1v) is 7.13. The lowest BCUT2D eigenvalue weighted by atomic mass is 9.90. The Morgan fingerprint density at radius 2 is 1.41 bits per heavy atom. The van der Waals surface area contributed by atoms with Gasteiger partial charge in [0.2, 0.25) is 0 Å². The molecular weight excluding hydrogens is 208 g/mol.